The molecule has 1 aliphatic heterocycles. The van der Waals surface area contributed by atoms with Crippen molar-refractivity contribution in [2.45, 2.75) is 17.4 Å². The monoisotopic (exact) mass is 514 g/mol. The Labute approximate surface area is 199 Å². The Morgan fingerprint density at radius 1 is 1.03 bits per heavy atom. The molecule has 9 heteroatoms. The van der Waals surface area contributed by atoms with E-state index in [0.717, 1.165) is 6.42 Å². The summed E-state index contributed by atoms with van der Waals surface area (Å²) in [5.74, 6) is -0.721. The van der Waals surface area contributed by atoms with Gasteiger partial charge in [0.2, 0.25) is 5.91 Å². The first kappa shape index (κ1) is 21.8. The van der Waals surface area contributed by atoms with Crippen molar-refractivity contribution in [1.82, 2.24) is 0 Å². The first-order valence-corrected chi connectivity index (χ1v) is 11.6. The highest BCUT2D eigenvalue weighted by Crippen LogP contribution is 2.60. The van der Waals surface area contributed by atoms with Crippen molar-refractivity contribution in [3.8, 4) is 11.5 Å². The van der Waals surface area contributed by atoms with Crippen molar-refractivity contribution in [2.24, 2.45) is 23.7 Å². The van der Waals surface area contributed by atoms with E-state index >= 15 is 0 Å². The maximum absolute atomic E-state index is 13.3. The van der Waals surface area contributed by atoms with Crippen molar-refractivity contribution in [3.63, 3.8) is 0 Å². The SMILES string of the molecule is COc1ccc(NC(=O)c2ccccc2NC(=O)[C@@H]2[C@H]3C[C@H]4[C@H](OC(=O)[C@@H]42)[C@H]3Br)c(OC)c1. The minimum absolute atomic E-state index is 0.0259. The Morgan fingerprint density at radius 2 is 1.82 bits per heavy atom. The van der Waals surface area contributed by atoms with Crippen LogP contribution in [0.15, 0.2) is 42.5 Å². The van der Waals surface area contributed by atoms with Crippen LogP contribution in [0.2, 0.25) is 0 Å². The topological polar surface area (TPSA) is 103 Å². The molecule has 2 amide bonds. The molecule has 6 atom stereocenters. The molecule has 33 heavy (non-hydrogen) atoms. The van der Waals surface area contributed by atoms with Crippen molar-refractivity contribution in [2.75, 3.05) is 24.9 Å². The standard InChI is InChI=1S/C24H23BrN2O6/c1-31-11-7-8-16(17(9-11)32-2)27-22(28)12-5-3-4-6-15(12)26-23(29)18-13-10-14-19(18)24(30)33-21(14)20(13)25/h3-9,13-14,18-21H,10H2,1-2H3,(H,26,29)(H,27,28)/t13-,14-,18-,19+,20+,21+/m1/s1. The van der Waals surface area contributed by atoms with E-state index in [1.165, 1.54) is 7.11 Å². The number of halogens is 1. The third-order valence-corrected chi connectivity index (χ3v) is 8.11. The molecule has 3 aliphatic rings. The Kier molecular flexibility index (Phi) is 5.52. The Bertz CT molecular complexity index is 1140. The average molecular weight is 515 g/mol. The number of carbonyl (C=O) groups is 3. The third-order valence-electron chi connectivity index (χ3n) is 6.91. The fraction of sp³-hybridized carbons (Fsp3) is 0.375. The number of hydrogen-bond acceptors (Lipinski definition) is 6. The van der Waals surface area contributed by atoms with E-state index < -0.39 is 17.7 Å². The molecule has 2 bridgehead atoms. The first-order chi connectivity index (χ1) is 15.9. The normalized spacial score (nSPS) is 28.9. The Hall–Kier alpha value is -3.07. The lowest BCUT2D eigenvalue weighted by atomic mass is 9.79. The van der Waals surface area contributed by atoms with Gasteiger partial charge in [0.1, 0.15) is 17.6 Å². The van der Waals surface area contributed by atoms with Gasteiger partial charge >= 0.3 is 5.97 Å². The smallest absolute Gasteiger partial charge is 0.310 e. The molecule has 1 saturated heterocycles. The number of methoxy groups -OCH3 is 2. The maximum atomic E-state index is 13.3. The zero-order valence-electron chi connectivity index (χ0n) is 18.0. The Balaban J connectivity index is 1.36. The molecular weight excluding hydrogens is 492 g/mol. The Morgan fingerprint density at radius 3 is 2.58 bits per heavy atom. The van der Waals surface area contributed by atoms with Crippen molar-refractivity contribution in [3.05, 3.63) is 48.0 Å². The minimum Gasteiger partial charge on any atom is -0.497 e. The number of ether oxygens (including phenoxy) is 3. The molecule has 2 aromatic rings. The van der Waals surface area contributed by atoms with Crippen LogP contribution in [-0.4, -0.2) is 42.9 Å². The number of para-hydroxylation sites is 1. The van der Waals surface area contributed by atoms with E-state index in [2.05, 4.69) is 26.6 Å². The molecule has 2 aliphatic carbocycles. The number of alkyl halides is 1. The van der Waals surface area contributed by atoms with Crippen LogP contribution in [0.5, 0.6) is 11.5 Å². The van der Waals surface area contributed by atoms with E-state index in [-0.39, 0.29) is 34.6 Å². The molecule has 2 N–H and O–H groups in total. The molecule has 2 saturated carbocycles. The number of amides is 2. The highest BCUT2D eigenvalue weighted by Gasteiger charge is 2.67. The number of fused-ring (bicyclic) bond motifs is 1. The summed E-state index contributed by atoms with van der Waals surface area (Å²) < 4.78 is 16.0. The van der Waals surface area contributed by atoms with Crippen LogP contribution >= 0.6 is 15.9 Å². The molecule has 1 heterocycles. The second-order valence-electron chi connectivity index (χ2n) is 8.52. The number of nitrogens with one attached hydrogen (secondary N) is 2. The van der Waals surface area contributed by atoms with Gasteiger partial charge in [-0.15, -0.1) is 0 Å². The van der Waals surface area contributed by atoms with E-state index in [0.29, 0.717) is 28.4 Å². The van der Waals surface area contributed by atoms with Crippen molar-refractivity contribution >= 4 is 45.1 Å². The fourth-order valence-corrected chi connectivity index (χ4v) is 6.47. The number of carbonyl (C=O) groups excluding carboxylic acids is 3. The van der Waals surface area contributed by atoms with Gasteiger partial charge in [-0.3, -0.25) is 14.4 Å². The van der Waals surface area contributed by atoms with Gasteiger partial charge in [0.25, 0.3) is 5.91 Å². The molecule has 0 radical (unpaired) electrons. The lowest BCUT2D eigenvalue weighted by Gasteiger charge is -2.27. The van der Waals surface area contributed by atoms with Gasteiger partial charge in [-0.2, -0.15) is 0 Å². The van der Waals surface area contributed by atoms with Gasteiger partial charge < -0.3 is 24.8 Å². The summed E-state index contributed by atoms with van der Waals surface area (Å²) in [6.07, 6.45) is 0.642. The van der Waals surface area contributed by atoms with Gasteiger partial charge in [-0.1, -0.05) is 28.1 Å². The molecule has 5 rings (SSSR count). The molecule has 8 nitrogen and oxygen atoms in total. The molecule has 0 aromatic heterocycles. The molecular formula is C24H23BrN2O6. The predicted molar refractivity (Wildman–Crippen MR) is 124 cm³/mol. The lowest BCUT2D eigenvalue weighted by Crippen LogP contribution is -2.40. The van der Waals surface area contributed by atoms with Gasteiger partial charge in [-0.25, -0.2) is 0 Å². The summed E-state index contributed by atoms with van der Waals surface area (Å²) >= 11 is 3.63. The second-order valence-corrected chi connectivity index (χ2v) is 9.57. The zero-order chi connectivity index (χ0) is 23.3. The summed E-state index contributed by atoms with van der Waals surface area (Å²) in [6, 6.07) is 11.8. The number of benzene rings is 2. The maximum Gasteiger partial charge on any atom is 0.310 e. The van der Waals surface area contributed by atoms with Crippen molar-refractivity contribution < 1.29 is 28.6 Å². The predicted octanol–water partition coefficient (Wildman–Crippen LogP) is 3.47. The van der Waals surface area contributed by atoms with Gasteiger partial charge in [0, 0.05) is 12.0 Å². The van der Waals surface area contributed by atoms with E-state index in [4.69, 9.17) is 14.2 Å². The second kappa shape index (κ2) is 8.37. The van der Waals surface area contributed by atoms with Crippen LogP contribution < -0.4 is 20.1 Å². The van der Waals surface area contributed by atoms with Crippen LogP contribution in [0.1, 0.15) is 16.8 Å². The van der Waals surface area contributed by atoms with Crippen LogP contribution in [0.3, 0.4) is 0 Å². The van der Waals surface area contributed by atoms with Gasteiger partial charge in [-0.05, 0) is 36.6 Å². The molecule has 172 valence electrons. The lowest BCUT2D eigenvalue weighted by molar-refractivity contribution is -0.145. The minimum atomic E-state index is -0.483. The largest absolute Gasteiger partial charge is 0.497 e. The van der Waals surface area contributed by atoms with Gasteiger partial charge in [0.05, 0.1) is 47.8 Å². The van der Waals surface area contributed by atoms with Gasteiger partial charge in [0.15, 0.2) is 0 Å². The first-order valence-electron chi connectivity index (χ1n) is 10.7. The summed E-state index contributed by atoms with van der Waals surface area (Å²) in [7, 11) is 3.05. The summed E-state index contributed by atoms with van der Waals surface area (Å²) in [4.78, 5) is 38.7. The average Bonchev–Trinajstić information content (AvgIpc) is 3.44. The van der Waals surface area contributed by atoms with Crippen molar-refractivity contribution in [1.29, 1.82) is 0 Å². The van der Waals surface area contributed by atoms with E-state index in [9.17, 15) is 14.4 Å². The molecule has 2 aromatic carbocycles. The zero-order valence-corrected chi connectivity index (χ0v) is 19.6. The summed E-state index contributed by atoms with van der Waals surface area (Å²) in [6.45, 7) is 0. The number of rotatable bonds is 6. The number of esters is 1. The van der Waals surface area contributed by atoms with E-state index in [1.807, 2.05) is 0 Å². The highest BCUT2D eigenvalue weighted by atomic mass is 79.9. The number of hydrogen-bond donors (Lipinski definition) is 2. The third kappa shape index (κ3) is 3.55. The molecule has 0 unspecified atom stereocenters. The van der Waals surface area contributed by atoms with Crippen LogP contribution in [0, 0.1) is 23.7 Å². The highest BCUT2D eigenvalue weighted by molar-refractivity contribution is 9.09. The number of anilines is 2. The molecule has 3 fully saturated rings. The fourth-order valence-electron chi connectivity index (χ4n) is 5.43. The quantitative estimate of drug-likeness (QED) is 0.451. The summed E-state index contributed by atoms with van der Waals surface area (Å²) in [5.41, 5.74) is 1.15. The van der Waals surface area contributed by atoms with Crippen LogP contribution in [0.25, 0.3) is 0 Å². The van der Waals surface area contributed by atoms with Crippen LogP contribution in [-0.2, 0) is 14.3 Å². The van der Waals surface area contributed by atoms with Crippen LogP contribution in [0.4, 0.5) is 11.4 Å². The summed E-state index contributed by atoms with van der Waals surface area (Å²) in [5, 5.41) is 5.72. The van der Waals surface area contributed by atoms with E-state index in [1.54, 1.807) is 49.6 Å². The molecule has 0 spiro atoms.